The van der Waals surface area contributed by atoms with Crippen molar-refractivity contribution in [1.29, 1.82) is 5.26 Å². The van der Waals surface area contributed by atoms with E-state index in [0.717, 1.165) is 16.7 Å². The highest BCUT2D eigenvalue weighted by Crippen LogP contribution is 2.36. The fourth-order valence-corrected chi connectivity index (χ4v) is 3.39. The number of urea groups is 1. The van der Waals surface area contributed by atoms with Crippen molar-refractivity contribution in [2.75, 3.05) is 18.1 Å². The summed E-state index contributed by atoms with van der Waals surface area (Å²) in [5, 5.41) is 14.9. The van der Waals surface area contributed by atoms with E-state index in [1.54, 1.807) is 18.2 Å². The quantitative estimate of drug-likeness (QED) is 0.853. The lowest BCUT2D eigenvalue weighted by atomic mass is 9.89. The van der Waals surface area contributed by atoms with Crippen LogP contribution in [0, 0.1) is 18.3 Å². The molecule has 1 aliphatic heterocycles. The zero-order valence-corrected chi connectivity index (χ0v) is 15.0. The van der Waals surface area contributed by atoms with Crippen LogP contribution in [0.1, 0.15) is 22.6 Å². The average Bonchev–Trinajstić information content (AvgIpc) is 2.59. The van der Waals surface area contributed by atoms with Crippen LogP contribution in [0.4, 0.5) is 10.5 Å². The van der Waals surface area contributed by atoms with E-state index < -0.39 is 5.92 Å². The zero-order valence-electron chi connectivity index (χ0n) is 13.5. The molecule has 0 bridgehead atoms. The molecule has 0 radical (unpaired) electrons. The molecule has 128 valence electrons. The Morgan fingerprint density at radius 3 is 2.52 bits per heavy atom. The van der Waals surface area contributed by atoms with Crippen LogP contribution in [0.25, 0.3) is 0 Å². The Kier molecular flexibility index (Phi) is 5.14. The van der Waals surface area contributed by atoms with Gasteiger partial charge in [0.15, 0.2) is 0 Å². The van der Waals surface area contributed by atoms with Gasteiger partial charge in [-0.15, -0.1) is 0 Å². The zero-order chi connectivity index (χ0) is 18.0. The van der Waals surface area contributed by atoms with Crippen LogP contribution >= 0.6 is 23.2 Å². The number of hydrogen-bond acceptors (Lipinski definition) is 3. The highest BCUT2D eigenvalue weighted by molar-refractivity contribution is 6.32. The van der Waals surface area contributed by atoms with Crippen molar-refractivity contribution >= 4 is 34.9 Å². The fourth-order valence-electron chi connectivity index (χ4n) is 2.89. The second-order valence-corrected chi connectivity index (χ2v) is 6.59. The maximum atomic E-state index is 12.0. The van der Waals surface area contributed by atoms with E-state index in [-0.39, 0.29) is 6.03 Å². The lowest BCUT2D eigenvalue weighted by Gasteiger charge is -2.29. The summed E-state index contributed by atoms with van der Waals surface area (Å²) in [6, 6.07) is 12.8. The smallest absolute Gasteiger partial charge is 0.335 e. The van der Waals surface area contributed by atoms with Gasteiger partial charge < -0.3 is 5.32 Å². The van der Waals surface area contributed by atoms with Gasteiger partial charge in [0.2, 0.25) is 0 Å². The highest BCUT2D eigenvalue weighted by atomic mass is 35.5. The molecule has 2 aromatic rings. The number of carbonyl (C=O) groups excluding carboxylic acids is 1. The molecule has 0 aromatic heterocycles. The summed E-state index contributed by atoms with van der Waals surface area (Å²) < 4.78 is 0. The number of anilines is 1. The second-order valence-electron chi connectivity index (χ2n) is 5.75. The maximum absolute atomic E-state index is 12.0. The van der Waals surface area contributed by atoms with Gasteiger partial charge in [-0.2, -0.15) is 5.26 Å². The summed E-state index contributed by atoms with van der Waals surface area (Å²) in [7, 11) is 0. The van der Waals surface area contributed by atoms with Gasteiger partial charge in [-0.1, -0.05) is 35.3 Å². The molecule has 1 fully saturated rings. The molecule has 2 amide bonds. The number of nitrogens with zero attached hydrogens (tertiary/aromatic N) is 2. The summed E-state index contributed by atoms with van der Waals surface area (Å²) in [6.07, 6.45) is 0. The van der Waals surface area contributed by atoms with Crippen molar-refractivity contribution in [3.63, 3.8) is 0 Å². The van der Waals surface area contributed by atoms with Gasteiger partial charge in [-0.25, -0.2) is 15.2 Å². The Bertz CT molecular complexity index is 822. The fraction of sp³-hybridized carbons (Fsp3) is 0.222. The maximum Gasteiger partial charge on any atom is 0.336 e. The predicted octanol–water partition coefficient (Wildman–Crippen LogP) is 3.99. The molecule has 1 saturated heterocycles. The Hall–Kier alpha value is -2.26. The van der Waals surface area contributed by atoms with Crippen LogP contribution in [0.5, 0.6) is 0 Å². The molecular formula is C18H16Cl2N4O. The monoisotopic (exact) mass is 374 g/mol. The number of halogens is 2. The van der Waals surface area contributed by atoms with Crippen molar-refractivity contribution in [1.82, 2.24) is 10.7 Å². The van der Waals surface area contributed by atoms with Crippen molar-refractivity contribution < 1.29 is 4.79 Å². The Labute approximate surface area is 156 Å². The normalized spacial score (nSPS) is 15.4. The number of benzene rings is 2. The molecule has 0 saturated carbocycles. The van der Waals surface area contributed by atoms with Crippen LogP contribution in [0.2, 0.25) is 10.0 Å². The average molecular weight is 375 g/mol. The van der Waals surface area contributed by atoms with Crippen LogP contribution in [-0.2, 0) is 0 Å². The van der Waals surface area contributed by atoms with E-state index in [2.05, 4.69) is 16.8 Å². The predicted molar refractivity (Wildman–Crippen MR) is 99.0 cm³/mol. The minimum absolute atomic E-state index is 0.232. The number of rotatable bonds is 3. The molecule has 1 atom stereocenters. The first-order chi connectivity index (χ1) is 12.0. The topological polar surface area (TPSA) is 68.2 Å². The SMILES string of the molecule is Cc1cc(N2NCCNC2=O)cc(Cl)c1C(C#N)c1ccc(Cl)cc1. The summed E-state index contributed by atoms with van der Waals surface area (Å²) in [5.41, 5.74) is 6.04. The summed E-state index contributed by atoms with van der Waals surface area (Å²) in [4.78, 5) is 12.0. The lowest BCUT2D eigenvalue weighted by molar-refractivity contribution is 0.239. The van der Waals surface area contributed by atoms with Gasteiger partial charge in [0.25, 0.3) is 0 Å². The molecule has 25 heavy (non-hydrogen) atoms. The van der Waals surface area contributed by atoms with Gasteiger partial charge >= 0.3 is 6.03 Å². The molecule has 7 heteroatoms. The van der Waals surface area contributed by atoms with E-state index in [1.165, 1.54) is 5.01 Å². The highest BCUT2D eigenvalue weighted by Gasteiger charge is 2.24. The molecular weight excluding hydrogens is 359 g/mol. The molecule has 3 rings (SSSR count). The largest absolute Gasteiger partial charge is 0.336 e. The molecule has 1 unspecified atom stereocenters. The van der Waals surface area contributed by atoms with Crippen molar-refractivity contribution in [3.8, 4) is 6.07 Å². The Balaban J connectivity index is 2.00. The van der Waals surface area contributed by atoms with E-state index in [1.807, 2.05) is 25.1 Å². The molecule has 5 nitrogen and oxygen atoms in total. The van der Waals surface area contributed by atoms with E-state index in [4.69, 9.17) is 23.2 Å². The lowest BCUT2D eigenvalue weighted by Crippen LogP contribution is -2.56. The molecule has 0 aliphatic carbocycles. The first-order valence-electron chi connectivity index (χ1n) is 7.78. The third-order valence-corrected chi connectivity index (χ3v) is 4.64. The number of nitriles is 1. The minimum Gasteiger partial charge on any atom is -0.335 e. The van der Waals surface area contributed by atoms with Gasteiger partial charge in [0.1, 0.15) is 0 Å². The standard InChI is InChI=1S/C18H16Cl2N4O/c1-11-8-14(24-18(25)22-6-7-23-24)9-16(20)17(11)15(10-21)12-2-4-13(19)5-3-12/h2-5,8-9,15,23H,6-7H2,1H3,(H,22,25). The number of amides is 2. The molecule has 2 N–H and O–H groups in total. The molecule has 1 heterocycles. The summed E-state index contributed by atoms with van der Waals surface area (Å²) in [5.74, 6) is -0.512. The molecule has 2 aromatic carbocycles. The Morgan fingerprint density at radius 1 is 1.20 bits per heavy atom. The first-order valence-corrected chi connectivity index (χ1v) is 8.53. The Morgan fingerprint density at radius 2 is 1.92 bits per heavy atom. The van der Waals surface area contributed by atoms with Crippen LogP contribution in [0.15, 0.2) is 36.4 Å². The second kappa shape index (κ2) is 7.32. The van der Waals surface area contributed by atoms with Crippen LogP contribution in [-0.4, -0.2) is 19.1 Å². The van der Waals surface area contributed by atoms with Crippen molar-refractivity contribution in [3.05, 3.63) is 63.1 Å². The third-order valence-electron chi connectivity index (χ3n) is 4.07. The summed E-state index contributed by atoms with van der Waals surface area (Å²) in [6.45, 7) is 3.09. The van der Waals surface area contributed by atoms with E-state index in [9.17, 15) is 10.1 Å². The van der Waals surface area contributed by atoms with E-state index >= 15 is 0 Å². The van der Waals surface area contributed by atoms with Gasteiger partial charge in [-0.3, -0.25) is 0 Å². The summed E-state index contributed by atoms with van der Waals surface area (Å²) >= 11 is 12.4. The third kappa shape index (κ3) is 3.57. The van der Waals surface area contributed by atoms with Gasteiger partial charge in [0.05, 0.1) is 17.7 Å². The molecule has 1 aliphatic rings. The first kappa shape index (κ1) is 17.6. The van der Waals surface area contributed by atoms with Crippen LogP contribution < -0.4 is 15.8 Å². The van der Waals surface area contributed by atoms with Crippen molar-refractivity contribution in [2.24, 2.45) is 0 Å². The number of hydrazine groups is 1. The number of hydrogen-bond donors (Lipinski definition) is 2. The van der Waals surface area contributed by atoms with E-state index in [0.29, 0.717) is 28.8 Å². The van der Waals surface area contributed by atoms with Crippen molar-refractivity contribution in [2.45, 2.75) is 12.8 Å². The van der Waals surface area contributed by atoms with Gasteiger partial charge in [0, 0.05) is 23.1 Å². The number of nitrogens with one attached hydrogen (secondary N) is 2. The van der Waals surface area contributed by atoms with Gasteiger partial charge in [-0.05, 0) is 47.9 Å². The minimum atomic E-state index is -0.512. The number of aryl methyl sites for hydroxylation is 1. The number of carbonyl (C=O) groups is 1. The van der Waals surface area contributed by atoms with Crippen LogP contribution in [0.3, 0.4) is 0 Å². The molecule has 0 spiro atoms.